The summed E-state index contributed by atoms with van der Waals surface area (Å²) < 4.78 is 39.5. The number of fused-ring (bicyclic) bond motifs is 1. The molecule has 0 N–H and O–H groups in total. The molecule has 0 radical (unpaired) electrons. The fourth-order valence-corrected chi connectivity index (χ4v) is 6.47. The van der Waals surface area contributed by atoms with E-state index in [2.05, 4.69) is 20.9 Å². The third-order valence-electron chi connectivity index (χ3n) is 4.50. The van der Waals surface area contributed by atoms with Gasteiger partial charge in [-0.15, -0.1) is 0 Å². The molecule has 2 aromatic carbocycles. The number of hydrogen-bond donors (Lipinski definition) is 0. The van der Waals surface area contributed by atoms with Crippen molar-refractivity contribution in [3.05, 3.63) is 64.4 Å². The number of halogens is 2. The zero-order chi connectivity index (χ0) is 18.3. The van der Waals surface area contributed by atoms with Crippen LogP contribution in [0.25, 0.3) is 0 Å². The van der Waals surface area contributed by atoms with Gasteiger partial charge in [0.2, 0.25) is 0 Å². The quantitative estimate of drug-likeness (QED) is 0.706. The lowest BCUT2D eigenvalue weighted by molar-refractivity contribution is 0.600. The number of aliphatic imine (C=N–C) groups is 1. The third kappa shape index (κ3) is 3.54. The van der Waals surface area contributed by atoms with Crippen LogP contribution in [0.2, 0.25) is 0 Å². The Morgan fingerprint density at radius 3 is 2.62 bits per heavy atom. The summed E-state index contributed by atoms with van der Waals surface area (Å²) in [6, 6.07) is 13.8. The molecule has 2 heterocycles. The molecule has 26 heavy (non-hydrogen) atoms. The largest absolute Gasteiger partial charge is 0.312 e. The van der Waals surface area contributed by atoms with Crippen molar-refractivity contribution < 1.29 is 12.8 Å². The van der Waals surface area contributed by atoms with E-state index in [0.29, 0.717) is 16.6 Å². The van der Waals surface area contributed by atoms with Crippen molar-refractivity contribution in [2.75, 3.05) is 16.4 Å². The molecule has 0 saturated carbocycles. The zero-order valence-corrected chi connectivity index (χ0v) is 16.9. The lowest BCUT2D eigenvalue weighted by Crippen LogP contribution is -2.39. The minimum Gasteiger partial charge on any atom is -0.312 e. The van der Waals surface area contributed by atoms with Crippen LogP contribution in [0.15, 0.2) is 58.0 Å². The Morgan fingerprint density at radius 1 is 1.15 bits per heavy atom. The van der Waals surface area contributed by atoms with Gasteiger partial charge in [-0.05, 0) is 29.8 Å². The summed E-state index contributed by atoms with van der Waals surface area (Å²) in [7, 11) is -3.14. The fraction of sp³-hybridized carbons (Fsp3) is 0.278. The van der Waals surface area contributed by atoms with E-state index in [0.717, 1.165) is 10.0 Å². The molecule has 0 amide bonds. The number of para-hydroxylation sites is 1. The maximum Gasteiger partial charge on any atom is 0.164 e. The van der Waals surface area contributed by atoms with Gasteiger partial charge in [-0.3, -0.25) is 4.99 Å². The predicted octanol–water partition coefficient (Wildman–Crippen LogP) is 3.86. The second-order valence-corrected chi connectivity index (χ2v) is 10.4. The minimum atomic E-state index is -3.14. The standard InChI is InChI=1S/C18H16BrFN2O2S2/c19-13-7-5-12(6-8-13)9-25-18-21-15-10-26(23,24)11-17(15)22(18)16-4-2-1-3-14(16)20/h1-8,15,17H,9-11H2. The van der Waals surface area contributed by atoms with Gasteiger partial charge in [0.15, 0.2) is 15.0 Å². The summed E-state index contributed by atoms with van der Waals surface area (Å²) in [5.74, 6) is 0.362. The third-order valence-corrected chi connectivity index (χ3v) is 7.77. The van der Waals surface area contributed by atoms with Crippen molar-refractivity contribution in [3.63, 3.8) is 0 Å². The van der Waals surface area contributed by atoms with Crippen LogP contribution < -0.4 is 4.90 Å². The van der Waals surface area contributed by atoms with Gasteiger partial charge >= 0.3 is 0 Å². The molecule has 0 aromatic heterocycles. The molecule has 0 aliphatic carbocycles. The number of anilines is 1. The number of benzene rings is 2. The number of hydrogen-bond acceptors (Lipinski definition) is 5. The Bertz CT molecular complexity index is 963. The normalized spacial score (nSPS) is 23.8. The molecular weight excluding hydrogens is 439 g/mol. The van der Waals surface area contributed by atoms with Gasteiger partial charge in [0.1, 0.15) is 5.82 Å². The summed E-state index contributed by atoms with van der Waals surface area (Å²) in [6.07, 6.45) is 0. The molecule has 1 saturated heterocycles. The van der Waals surface area contributed by atoms with Crippen LogP contribution in [0.1, 0.15) is 5.56 Å². The number of thioether (sulfide) groups is 1. The molecule has 2 atom stereocenters. The number of rotatable bonds is 3. The van der Waals surface area contributed by atoms with Crippen LogP contribution in [0.3, 0.4) is 0 Å². The fourth-order valence-electron chi connectivity index (χ4n) is 3.29. The van der Waals surface area contributed by atoms with Crippen molar-refractivity contribution >= 4 is 48.4 Å². The van der Waals surface area contributed by atoms with Crippen LogP contribution in [-0.2, 0) is 15.6 Å². The summed E-state index contributed by atoms with van der Waals surface area (Å²) in [4.78, 5) is 6.40. The minimum absolute atomic E-state index is 0.0118. The van der Waals surface area contributed by atoms with Crippen molar-refractivity contribution in [3.8, 4) is 0 Å². The first-order chi connectivity index (χ1) is 12.4. The summed E-state index contributed by atoms with van der Waals surface area (Å²) in [5, 5.41) is 0.683. The molecule has 8 heteroatoms. The number of nitrogens with zero attached hydrogens (tertiary/aromatic N) is 2. The molecule has 2 aromatic rings. The van der Waals surface area contributed by atoms with Gasteiger partial charge in [0.05, 0.1) is 29.3 Å². The first-order valence-corrected chi connectivity index (χ1v) is 11.7. The predicted molar refractivity (Wildman–Crippen MR) is 108 cm³/mol. The molecule has 2 unspecified atom stereocenters. The van der Waals surface area contributed by atoms with E-state index in [9.17, 15) is 12.8 Å². The molecule has 0 bridgehead atoms. The highest BCUT2D eigenvalue weighted by molar-refractivity contribution is 9.10. The van der Waals surface area contributed by atoms with Crippen LogP contribution in [-0.4, -0.2) is 37.2 Å². The Labute approximate surface area is 164 Å². The van der Waals surface area contributed by atoms with Crippen molar-refractivity contribution in [1.82, 2.24) is 0 Å². The highest BCUT2D eigenvalue weighted by Crippen LogP contribution is 2.37. The average Bonchev–Trinajstić information content (AvgIpc) is 3.06. The van der Waals surface area contributed by atoms with E-state index in [-0.39, 0.29) is 29.4 Å². The van der Waals surface area contributed by atoms with E-state index >= 15 is 0 Å². The van der Waals surface area contributed by atoms with Crippen LogP contribution in [0.5, 0.6) is 0 Å². The number of amidine groups is 1. The van der Waals surface area contributed by atoms with E-state index in [1.165, 1.54) is 17.8 Å². The van der Waals surface area contributed by atoms with Gasteiger partial charge in [-0.1, -0.05) is 52.0 Å². The lowest BCUT2D eigenvalue weighted by Gasteiger charge is -2.26. The van der Waals surface area contributed by atoms with Crippen LogP contribution in [0, 0.1) is 5.82 Å². The monoisotopic (exact) mass is 454 g/mol. The smallest absolute Gasteiger partial charge is 0.164 e. The molecule has 2 aliphatic rings. The summed E-state index contributed by atoms with van der Waals surface area (Å²) in [5.41, 5.74) is 1.51. The van der Waals surface area contributed by atoms with Gasteiger partial charge in [0.25, 0.3) is 0 Å². The zero-order valence-electron chi connectivity index (χ0n) is 13.7. The van der Waals surface area contributed by atoms with E-state index < -0.39 is 9.84 Å². The maximum absolute atomic E-state index is 14.4. The second kappa shape index (κ2) is 6.98. The Balaban J connectivity index is 1.63. The number of sulfone groups is 1. The van der Waals surface area contributed by atoms with E-state index in [4.69, 9.17) is 0 Å². The molecule has 4 nitrogen and oxygen atoms in total. The van der Waals surface area contributed by atoms with Crippen molar-refractivity contribution in [2.24, 2.45) is 4.99 Å². The highest BCUT2D eigenvalue weighted by atomic mass is 79.9. The van der Waals surface area contributed by atoms with E-state index in [1.54, 1.807) is 23.1 Å². The topological polar surface area (TPSA) is 49.7 Å². The van der Waals surface area contributed by atoms with Gasteiger partial charge in [-0.2, -0.15) is 0 Å². The van der Waals surface area contributed by atoms with E-state index in [1.807, 2.05) is 24.3 Å². The Hall–Kier alpha value is -1.38. The maximum atomic E-state index is 14.4. The Kier molecular flexibility index (Phi) is 4.83. The highest BCUT2D eigenvalue weighted by Gasteiger charge is 2.47. The average molecular weight is 455 g/mol. The first-order valence-electron chi connectivity index (χ1n) is 8.12. The van der Waals surface area contributed by atoms with Gasteiger partial charge < -0.3 is 4.90 Å². The van der Waals surface area contributed by atoms with Crippen molar-refractivity contribution in [1.29, 1.82) is 0 Å². The van der Waals surface area contributed by atoms with Crippen LogP contribution in [0.4, 0.5) is 10.1 Å². The molecule has 136 valence electrons. The van der Waals surface area contributed by atoms with Crippen molar-refractivity contribution in [2.45, 2.75) is 17.8 Å². The van der Waals surface area contributed by atoms with Crippen LogP contribution >= 0.6 is 27.7 Å². The lowest BCUT2D eigenvalue weighted by atomic mass is 10.1. The summed E-state index contributed by atoms with van der Waals surface area (Å²) in [6.45, 7) is 0. The van der Waals surface area contributed by atoms with Gasteiger partial charge in [0, 0.05) is 10.2 Å². The molecule has 4 rings (SSSR count). The molecule has 1 fully saturated rings. The van der Waals surface area contributed by atoms with Gasteiger partial charge in [-0.25, -0.2) is 12.8 Å². The molecular formula is C18H16BrFN2O2S2. The second-order valence-electron chi connectivity index (χ2n) is 6.36. The molecule has 0 spiro atoms. The Morgan fingerprint density at radius 2 is 1.88 bits per heavy atom. The molecule has 2 aliphatic heterocycles. The SMILES string of the molecule is O=S1(=O)CC2N=C(SCc3ccc(Br)cc3)N(c3ccccc3F)C2C1. The summed E-state index contributed by atoms with van der Waals surface area (Å²) >= 11 is 4.93. The first kappa shape index (κ1) is 18.0.